The summed E-state index contributed by atoms with van der Waals surface area (Å²) >= 11 is 0. The Kier molecular flexibility index (Phi) is 2.10. The van der Waals surface area contributed by atoms with Crippen LogP contribution in [0.4, 0.5) is 5.69 Å². The lowest BCUT2D eigenvalue weighted by atomic mass is 9.80. The van der Waals surface area contributed by atoms with Crippen LogP contribution in [0.5, 0.6) is 0 Å². The second-order valence-corrected chi connectivity index (χ2v) is 4.68. The fourth-order valence-electron chi connectivity index (χ4n) is 2.87. The highest BCUT2D eigenvalue weighted by atomic mass is 16.3. The Hall–Kier alpha value is -1.68. The van der Waals surface area contributed by atoms with Crippen LogP contribution in [-0.4, -0.2) is 16.8 Å². The number of carbonyl (C=O) groups is 2. The second kappa shape index (κ2) is 3.40. The van der Waals surface area contributed by atoms with Crippen molar-refractivity contribution in [3.05, 3.63) is 29.8 Å². The fourth-order valence-corrected chi connectivity index (χ4v) is 2.87. The molecule has 1 aromatic rings. The maximum absolute atomic E-state index is 12.0. The zero-order valence-electron chi connectivity index (χ0n) is 9.27. The number of Topliss-reactive ketones (excluding diaryl/α,β-unsaturated/α-hetero) is 1. The van der Waals surface area contributed by atoms with Gasteiger partial charge in [-0.05, 0) is 18.9 Å². The zero-order valence-corrected chi connectivity index (χ0v) is 9.27. The van der Waals surface area contributed by atoms with Gasteiger partial charge in [0.25, 0.3) is 5.91 Å². The number of anilines is 1. The van der Waals surface area contributed by atoms with E-state index in [9.17, 15) is 14.7 Å². The molecule has 4 heteroatoms. The number of aliphatic hydroxyl groups is 1. The number of nitrogens with one attached hydrogen (secondary N) is 1. The number of hydrogen-bond donors (Lipinski definition) is 2. The Morgan fingerprint density at radius 2 is 2.06 bits per heavy atom. The third kappa shape index (κ3) is 1.27. The summed E-state index contributed by atoms with van der Waals surface area (Å²) in [5.41, 5.74) is -0.519. The molecule has 0 radical (unpaired) electrons. The van der Waals surface area contributed by atoms with E-state index in [2.05, 4.69) is 5.32 Å². The monoisotopic (exact) mass is 231 g/mol. The van der Waals surface area contributed by atoms with Gasteiger partial charge in [-0.25, -0.2) is 0 Å². The molecule has 0 saturated heterocycles. The van der Waals surface area contributed by atoms with Gasteiger partial charge in [0.15, 0.2) is 5.60 Å². The minimum absolute atomic E-state index is 0.0145. The Morgan fingerprint density at radius 1 is 1.29 bits per heavy atom. The zero-order chi connectivity index (χ0) is 12.0. The molecule has 2 N–H and O–H groups in total. The number of para-hydroxylation sites is 1. The van der Waals surface area contributed by atoms with Crippen molar-refractivity contribution < 1.29 is 14.7 Å². The molecular formula is C13H13NO3. The Balaban J connectivity index is 2.13. The van der Waals surface area contributed by atoms with E-state index < -0.39 is 17.4 Å². The van der Waals surface area contributed by atoms with Crippen LogP contribution in [0.15, 0.2) is 24.3 Å². The van der Waals surface area contributed by atoms with Crippen molar-refractivity contribution >= 4 is 17.4 Å². The van der Waals surface area contributed by atoms with Crippen molar-refractivity contribution in [1.29, 1.82) is 0 Å². The van der Waals surface area contributed by atoms with E-state index in [0.717, 1.165) is 6.42 Å². The molecule has 4 nitrogen and oxygen atoms in total. The molecule has 0 unspecified atom stereocenters. The SMILES string of the molecule is O=C1CCC[C@H]1[C@@]1(O)C(=O)Nc2ccccc21. The molecule has 88 valence electrons. The van der Waals surface area contributed by atoms with Gasteiger partial charge >= 0.3 is 0 Å². The first kappa shape index (κ1) is 10.5. The van der Waals surface area contributed by atoms with Gasteiger partial charge in [-0.3, -0.25) is 9.59 Å². The number of hydrogen-bond acceptors (Lipinski definition) is 3. The number of fused-ring (bicyclic) bond motifs is 1. The number of carbonyl (C=O) groups excluding carboxylic acids is 2. The first-order chi connectivity index (χ1) is 8.14. The quantitative estimate of drug-likeness (QED) is 0.763. The van der Waals surface area contributed by atoms with E-state index in [1.165, 1.54) is 0 Å². The molecule has 1 amide bonds. The molecule has 2 aliphatic rings. The standard InChI is InChI=1S/C13H13NO3/c15-11-7-3-5-9(11)13(17)8-4-1-2-6-10(8)14-12(13)16/h1-2,4,6,9,17H,3,5,7H2,(H,14,16)/t9-,13-/m1/s1. The summed E-state index contributed by atoms with van der Waals surface area (Å²) in [5, 5.41) is 13.3. The molecule has 1 heterocycles. The normalized spacial score (nSPS) is 31.5. The summed E-state index contributed by atoms with van der Waals surface area (Å²) in [6, 6.07) is 7.01. The molecule has 1 saturated carbocycles. The molecular weight excluding hydrogens is 218 g/mol. The lowest BCUT2D eigenvalue weighted by Gasteiger charge is -2.26. The largest absolute Gasteiger partial charge is 0.375 e. The van der Waals surface area contributed by atoms with Crippen LogP contribution in [0.1, 0.15) is 24.8 Å². The summed E-state index contributed by atoms with van der Waals surface area (Å²) in [4.78, 5) is 23.8. The maximum Gasteiger partial charge on any atom is 0.261 e. The van der Waals surface area contributed by atoms with Gasteiger partial charge in [0, 0.05) is 17.7 Å². The van der Waals surface area contributed by atoms with Gasteiger partial charge in [-0.1, -0.05) is 18.2 Å². The highest BCUT2D eigenvalue weighted by Gasteiger charge is 2.54. The first-order valence-corrected chi connectivity index (χ1v) is 5.80. The van der Waals surface area contributed by atoms with Crippen LogP contribution < -0.4 is 5.32 Å². The highest BCUT2D eigenvalue weighted by molar-refractivity contribution is 6.08. The van der Waals surface area contributed by atoms with E-state index in [0.29, 0.717) is 24.1 Å². The van der Waals surface area contributed by atoms with E-state index in [1.54, 1.807) is 24.3 Å². The van der Waals surface area contributed by atoms with Gasteiger partial charge in [0.2, 0.25) is 0 Å². The van der Waals surface area contributed by atoms with Crippen molar-refractivity contribution in [2.45, 2.75) is 24.9 Å². The predicted octanol–water partition coefficient (Wildman–Crippen LogP) is 1.20. The number of benzene rings is 1. The van der Waals surface area contributed by atoms with E-state index in [1.807, 2.05) is 0 Å². The lowest BCUT2D eigenvalue weighted by Crippen LogP contribution is -2.43. The van der Waals surface area contributed by atoms with Gasteiger partial charge in [-0.15, -0.1) is 0 Å². The van der Waals surface area contributed by atoms with E-state index >= 15 is 0 Å². The molecule has 2 atom stereocenters. The molecule has 0 bridgehead atoms. The molecule has 3 rings (SSSR count). The van der Waals surface area contributed by atoms with Crippen molar-refractivity contribution in [2.75, 3.05) is 5.32 Å². The molecule has 1 aliphatic carbocycles. The number of ketones is 1. The predicted molar refractivity (Wildman–Crippen MR) is 61.3 cm³/mol. The van der Waals surface area contributed by atoms with Gasteiger partial charge < -0.3 is 10.4 Å². The Labute approximate surface area is 98.6 Å². The van der Waals surface area contributed by atoms with E-state index in [-0.39, 0.29) is 5.78 Å². The minimum Gasteiger partial charge on any atom is -0.375 e. The smallest absolute Gasteiger partial charge is 0.261 e. The maximum atomic E-state index is 12.0. The van der Waals surface area contributed by atoms with Crippen molar-refractivity contribution in [3.8, 4) is 0 Å². The summed E-state index contributed by atoms with van der Waals surface area (Å²) in [5.74, 6) is -1.08. The van der Waals surface area contributed by atoms with Gasteiger partial charge in [0.05, 0.1) is 5.92 Å². The Bertz CT molecular complexity index is 511. The summed E-state index contributed by atoms with van der Waals surface area (Å²) in [7, 11) is 0. The first-order valence-electron chi connectivity index (χ1n) is 5.80. The highest BCUT2D eigenvalue weighted by Crippen LogP contribution is 2.45. The minimum atomic E-state index is -1.66. The van der Waals surface area contributed by atoms with Crippen molar-refractivity contribution in [3.63, 3.8) is 0 Å². The third-order valence-corrected chi connectivity index (χ3v) is 3.74. The van der Waals surface area contributed by atoms with Gasteiger partial charge in [-0.2, -0.15) is 0 Å². The van der Waals surface area contributed by atoms with Crippen LogP contribution in [0.3, 0.4) is 0 Å². The average molecular weight is 231 g/mol. The van der Waals surface area contributed by atoms with Crippen LogP contribution in [0, 0.1) is 5.92 Å². The van der Waals surface area contributed by atoms with Crippen LogP contribution in [-0.2, 0) is 15.2 Å². The molecule has 0 aromatic heterocycles. The third-order valence-electron chi connectivity index (χ3n) is 3.74. The molecule has 1 aromatic carbocycles. The number of amides is 1. The molecule has 1 fully saturated rings. The van der Waals surface area contributed by atoms with Crippen molar-refractivity contribution in [1.82, 2.24) is 0 Å². The number of rotatable bonds is 1. The van der Waals surface area contributed by atoms with Crippen LogP contribution in [0.25, 0.3) is 0 Å². The molecule has 1 aliphatic heterocycles. The Morgan fingerprint density at radius 3 is 2.76 bits per heavy atom. The summed E-state index contributed by atoms with van der Waals surface area (Å²) < 4.78 is 0. The summed E-state index contributed by atoms with van der Waals surface area (Å²) in [6.45, 7) is 0. The van der Waals surface area contributed by atoms with Crippen molar-refractivity contribution in [2.24, 2.45) is 5.92 Å². The van der Waals surface area contributed by atoms with Crippen LogP contribution >= 0.6 is 0 Å². The summed E-state index contributed by atoms with van der Waals surface area (Å²) in [6.07, 6.45) is 1.79. The molecule has 0 spiro atoms. The van der Waals surface area contributed by atoms with E-state index in [4.69, 9.17) is 0 Å². The fraction of sp³-hybridized carbons (Fsp3) is 0.385. The van der Waals surface area contributed by atoms with Gasteiger partial charge in [0.1, 0.15) is 5.78 Å². The lowest BCUT2D eigenvalue weighted by molar-refractivity contribution is -0.146. The second-order valence-electron chi connectivity index (χ2n) is 4.68. The van der Waals surface area contributed by atoms with Crippen LogP contribution in [0.2, 0.25) is 0 Å². The average Bonchev–Trinajstić information content (AvgIpc) is 2.84. The molecule has 17 heavy (non-hydrogen) atoms. The topological polar surface area (TPSA) is 66.4 Å².